The summed E-state index contributed by atoms with van der Waals surface area (Å²) in [5.41, 5.74) is 0. The zero-order valence-electron chi connectivity index (χ0n) is 15.0. The highest BCUT2D eigenvalue weighted by Gasteiger charge is 2.36. The number of rotatable bonds is 1. The molecule has 0 saturated carbocycles. The minimum absolute atomic E-state index is 0. The van der Waals surface area contributed by atoms with Crippen molar-refractivity contribution in [3.05, 3.63) is 0 Å². The van der Waals surface area contributed by atoms with Crippen LogP contribution in [0.15, 0.2) is 0 Å². The molecule has 1 N–H and O–H groups in total. The fraction of sp³-hybridized carbons (Fsp3) is 0.889. The molecule has 0 aliphatic carbocycles. The van der Waals surface area contributed by atoms with Gasteiger partial charge in [0, 0.05) is 51.4 Å². The van der Waals surface area contributed by atoms with E-state index in [1.807, 2.05) is 9.80 Å². The lowest BCUT2D eigenvalue weighted by atomic mass is 9.96. The molecule has 7 heteroatoms. The number of nitrogens with one attached hydrogen (secondary N) is 1. The van der Waals surface area contributed by atoms with Crippen LogP contribution in [0.1, 0.15) is 44.9 Å². The molecular weight excluding hydrogens is 340 g/mol. The van der Waals surface area contributed by atoms with Crippen molar-refractivity contribution in [2.24, 2.45) is 5.92 Å². The van der Waals surface area contributed by atoms with Crippen LogP contribution in [0.3, 0.4) is 0 Å². The lowest BCUT2D eigenvalue weighted by Gasteiger charge is -2.37. The fourth-order valence-electron chi connectivity index (χ4n) is 4.86. The Hall–Kier alpha value is -1.01. The van der Waals surface area contributed by atoms with Gasteiger partial charge in [0.2, 0.25) is 5.91 Å². The third kappa shape index (κ3) is 4.05. The zero-order valence-corrected chi connectivity index (χ0v) is 15.8. The number of carbonyl (C=O) groups is 2. The van der Waals surface area contributed by atoms with Gasteiger partial charge in [0.15, 0.2) is 0 Å². The standard InChI is InChI=1S/C18H30N4O2.ClH/c23-17(21-11-7-15-5-6-16(13-21)19-15)14-4-3-10-22(12-14)18(24)20-8-1-2-9-20;/h14-16,19H,1-13H2;1H. The summed E-state index contributed by atoms with van der Waals surface area (Å²) in [5.74, 6) is 0.283. The highest BCUT2D eigenvalue weighted by atomic mass is 35.5. The summed E-state index contributed by atoms with van der Waals surface area (Å²) in [6, 6.07) is 1.24. The maximum absolute atomic E-state index is 13.0. The number of hydrogen-bond acceptors (Lipinski definition) is 3. The zero-order chi connectivity index (χ0) is 16.5. The van der Waals surface area contributed by atoms with Crippen molar-refractivity contribution in [1.29, 1.82) is 0 Å². The van der Waals surface area contributed by atoms with E-state index < -0.39 is 0 Å². The second-order valence-electron chi connectivity index (χ2n) is 7.97. The van der Waals surface area contributed by atoms with Crippen LogP contribution in [0.25, 0.3) is 0 Å². The predicted octanol–water partition coefficient (Wildman–Crippen LogP) is 1.69. The van der Waals surface area contributed by atoms with Crippen LogP contribution in [0.4, 0.5) is 4.79 Å². The fourth-order valence-corrected chi connectivity index (χ4v) is 4.86. The number of carbonyl (C=O) groups excluding carboxylic acids is 2. The van der Waals surface area contributed by atoms with Gasteiger partial charge >= 0.3 is 6.03 Å². The summed E-state index contributed by atoms with van der Waals surface area (Å²) in [6.07, 6.45) is 7.64. The monoisotopic (exact) mass is 370 g/mol. The van der Waals surface area contributed by atoms with E-state index in [9.17, 15) is 9.59 Å². The Balaban J connectivity index is 0.00000182. The Morgan fingerprint density at radius 2 is 1.44 bits per heavy atom. The molecule has 4 rings (SSSR count). The molecule has 3 unspecified atom stereocenters. The van der Waals surface area contributed by atoms with Gasteiger partial charge in [-0.1, -0.05) is 0 Å². The number of amides is 3. The van der Waals surface area contributed by atoms with Crippen molar-refractivity contribution in [1.82, 2.24) is 20.0 Å². The van der Waals surface area contributed by atoms with Gasteiger partial charge in [-0.05, 0) is 44.9 Å². The Bertz CT molecular complexity index is 497. The first kappa shape index (κ1) is 18.8. The molecule has 0 aromatic rings. The summed E-state index contributed by atoms with van der Waals surface area (Å²) in [5, 5.41) is 3.64. The van der Waals surface area contributed by atoms with Crippen molar-refractivity contribution in [3.8, 4) is 0 Å². The highest BCUT2D eigenvalue weighted by Crippen LogP contribution is 2.25. The van der Waals surface area contributed by atoms with E-state index >= 15 is 0 Å². The first-order valence-corrected chi connectivity index (χ1v) is 9.79. The van der Waals surface area contributed by atoms with Gasteiger partial charge in [0.25, 0.3) is 0 Å². The van der Waals surface area contributed by atoms with E-state index in [1.165, 1.54) is 12.8 Å². The molecule has 0 aromatic carbocycles. The topological polar surface area (TPSA) is 55.9 Å². The second-order valence-corrected chi connectivity index (χ2v) is 7.97. The molecule has 3 atom stereocenters. The van der Waals surface area contributed by atoms with Crippen LogP contribution in [0.5, 0.6) is 0 Å². The summed E-state index contributed by atoms with van der Waals surface area (Å²) >= 11 is 0. The number of fused-ring (bicyclic) bond motifs is 2. The molecule has 4 heterocycles. The summed E-state index contributed by atoms with van der Waals surface area (Å²) in [4.78, 5) is 31.6. The number of urea groups is 1. The Labute approximate surface area is 156 Å². The smallest absolute Gasteiger partial charge is 0.320 e. The maximum Gasteiger partial charge on any atom is 0.320 e. The molecule has 0 radical (unpaired) electrons. The quantitative estimate of drug-likeness (QED) is 0.764. The maximum atomic E-state index is 13.0. The molecule has 6 nitrogen and oxygen atoms in total. The van der Waals surface area contributed by atoms with Gasteiger partial charge in [-0.25, -0.2) is 4.79 Å². The summed E-state index contributed by atoms with van der Waals surface area (Å²) in [6.45, 7) is 4.93. The second kappa shape index (κ2) is 8.12. The molecule has 4 aliphatic rings. The first-order chi connectivity index (χ1) is 11.7. The van der Waals surface area contributed by atoms with E-state index in [0.29, 0.717) is 18.6 Å². The Kier molecular flexibility index (Phi) is 6.10. The number of nitrogens with zero attached hydrogens (tertiary/aromatic N) is 3. The highest BCUT2D eigenvalue weighted by molar-refractivity contribution is 5.85. The molecule has 3 amide bonds. The number of likely N-dealkylation sites (tertiary alicyclic amines) is 3. The van der Waals surface area contributed by atoms with Crippen LogP contribution in [-0.2, 0) is 4.79 Å². The van der Waals surface area contributed by atoms with Crippen LogP contribution in [-0.4, -0.2) is 78.0 Å². The molecule has 0 spiro atoms. The first-order valence-electron chi connectivity index (χ1n) is 9.79. The number of hydrogen-bond donors (Lipinski definition) is 1. The van der Waals surface area contributed by atoms with E-state index in [2.05, 4.69) is 10.2 Å². The minimum atomic E-state index is 0. The van der Waals surface area contributed by atoms with E-state index in [4.69, 9.17) is 0 Å². The van der Waals surface area contributed by atoms with Crippen LogP contribution in [0.2, 0.25) is 0 Å². The molecule has 4 aliphatic heterocycles. The van der Waals surface area contributed by atoms with Crippen molar-refractivity contribution < 1.29 is 9.59 Å². The van der Waals surface area contributed by atoms with Crippen molar-refractivity contribution >= 4 is 24.3 Å². The Morgan fingerprint density at radius 1 is 0.720 bits per heavy atom. The molecule has 25 heavy (non-hydrogen) atoms. The van der Waals surface area contributed by atoms with Crippen molar-refractivity contribution in [2.75, 3.05) is 39.3 Å². The SMILES string of the molecule is Cl.O=C(C1CCCN(C(=O)N2CCCC2)C1)N1CCC2CCC(C1)N2. The van der Waals surface area contributed by atoms with Crippen LogP contribution in [0, 0.1) is 5.92 Å². The summed E-state index contributed by atoms with van der Waals surface area (Å²) < 4.78 is 0. The van der Waals surface area contributed by atoms with Gasteiger partial charge < -0.3 is 20.0 Å². The minimum Gasteiger partial charge on any atom is -0.341 e. The molecule has 0 aromatic heterocycles. The van der Waals surface area contributed by atoms with E-state index in [-0.39, 0.29) is 30.3 Å². The van der Waals surface area contributed by atoms with Crippen molar-refractivity contribution in [3.63, 3.8) is 0 Å². The number of piperidine rings is 1. The van der Waals surface area contributed by atoms with Gasteiger partial charge in [-0.3, -0.25) is 4.79 Å². The lowest BCUT2D eigenvalue weighted by Crippen LogP contribution is -2.51. The van der Waals surface area contributed by atoms with E-state index in [1.54, 1.807) is 0 Å². The normalized spacial score (nSPS) is 32.3. The predicted molar refractivity (Wildman–Crippen MR) is 98.9 cm³/mol. The third-order valence-corrected chi connectivity index (χ3v) is 6.25. The average Bonchev–Trinajstić information content (AvgIpc) is 3.23. The van der Waals surface area contributed by atoms with Crippen molar-refractivity contribution in [2.45, 2.75) is 57.0 Å². The van der Waals surface area contributed by atoms with E-state index in [0.717, 1.165) is 64.8 Å². The van der Waals surface area contributed by atoms with Crippen LogP contribution >= 0.6 is 12.4 Å². The van der Waals surface area contributed by atoms with Crippen LogP contribution < -0.4 is 5.32 Å². The largest absolute Gasteiger partial charge is 0.341 e. The third-order valence-electron chi connectivity index (χ3n) is 6.25. The number of halogens is 1. The Morgan fingerprint density at radius 3 is 2.24 bits per heavy atom. The van der Waals surface area contributed by atoms with Gasteiger partial charge in [0.05, 0.1) is 5.92 Å². The van der Waals surface area contributed by atoms with Gasteiger partial charge in [-0.2, -0.15) is 0 Å². The average molecular weight is 371 g/mol. The molecule has 4 saturated heterocycles. The molecule has 2 bridgehead atoms. The lowest BCUT2D eigenvalue weighted by molar-refractivity contribution is -0.137. The van der Waals surface area contributed by atoms with Gasteiger partial charge in [0.1, 0.15) is 0 Å². The molecular formula is C18H31ClN4O2. The summed E-state index contributed by atoms with van der Waals surface area (Å²) in [7, 11) is 0. The molecule has 4 fully saturated rings. The van der Waals surface area contributed by atoms with Gasteiger partial charge in [-0.15, -0.1) is 12.4 Å². The molecule has 142 valence electrons.